The summed E-state index contributed by atoms with van der Waals surface area (Å²) in [6, 6.07) is 1.24. The molecular weight excluding hydrogens is 452 g/mol. The van der Waals surface area contributed by atoms with Gasteiger partial charge in [0.1, 0.15) is 11.0 Å². The monoisotopic (exact) mass is 488 g/mol. The molecule has 0 aromatic carbocycles. The Hall–Kier alpha value is -2.91. The lowest BCUT2D eigenvalue weighted by Gasteiger charge is -2.41. The van der Waals surface area contributed by atoms with Gasteiger partial charge < -0.3 is 15.7 Å². The molecule has 36 heavy (non-hydrogen) atoms. The van der Waals surface area contributed by atoms with Gasteiger partial charge in [0.25, 0.3) is 0 Å². The molecule has 190 valence electrons. The van der Waals surface area contributed by atoms with E-state index in [1.165, 1.54) is 19.3 Å². The average molecular weight is 489 g/mol. The predicted molar refractivity (Wildman–Crippen MR) is 141 cm³/mol. The number of hydrogen-bond donors (Lipinski definition) is 2. The number of nitrogens with zero attached hydrogens (tertiary/aromatic N) is 7. The number of piperidine rings is 1. The van der Waals surface area contributed by atoms with Crippen molar-refractivity contribution in [1.29, 1.82) is 0 Å². The van der Waals surface area contributed by atoms with Gasteiger partial charge in [-0.15, -0.1) is 0 Å². The standard InChI is InChI=1S/C27H36N8O/c1-2-23-27(31-19-7-6-17(12-19)16-36)33-24-22(14-29-26(28)25(24)32-23)18-13-30-35(15-18)21-8-10-34(11-9-21)20-4-3-5-20/h13-15,17,20-21,36H,2-12,16H2,1H3,(H2,28,29)/t17-/m0/s1. The zero-order chi connectivity index (χ0) is 24.6. The van der Waals surface area contributed by atoms with Crippen molar-refractivity contribution in [2.24, 2.45) is 10.9 Å². The summed E-state index contributed by atoms with van der Waals surface area (Å²) in [6.07, 6.45) is 15.6. The number of aryl methyl sites for hydroxylation is 1. The summed E-state index contributed by atoms with van der Waals surface area (Å²) in [5.41, 5.74) is 11.4. The lowest BCUT2D eigenvalue weighted by Crippen LogP contribution is -2.45. The average Bonchev–Trinajstić information content (AvgIpc) is 3.53. The van der Waals surface area contributed by atoms with Crippen molar-refractivity contribution in [3.8, 4) is 11.1 Å². The molecule has 3 N–H and O–H groups in total. The number of aliphatic hydroxyl groups is 1. The number of fused-ring (bicyclic) bond motifs is 1. The fourth-order valence-electron chi connectivity index (χ4n) is 5.88. The van der Waals surface area contributed by atoms with Crippen LogP contribution in [-0.2, 0) is 6.42 Å². The third-order valence-corrected chi connectivity index (χ3v) is 8.38. The Balaban J connectivity index is 1.31. The van der Waals surface area contributed by atoms with Gasteiger partial charge >= 0.3 is 0 Å². The van der Waals surface area contributed by atoms with Crippen LogP contribution in [0.4, 0.5) is 11.6 Å². The fourth-order valence-corrected chi connectivity index (χ4v) is 5.88. The van der Waals surface area contributed by atoms with Gasteiger partial charge in [0.05, 0.1) is 17.9 Å². The van der Waals surface area contributed by atoms with Crippen LogP contribution >= 0.6 is 0 Å². The first-order chi connectivity index (χ1) is 17.6. The third-order valence-electron chi connectivity index (χ3n) is 8.38. The maximum Gasteiger partial charge on any atom is 0.174 e. The number of likely N-dealkylation sites (tertiary alicyclic amines) is 1. The van der Waals surface area contributed by atoms with E-state index in [1.54, 1.807) is 6.20 Å². The second-order valence-electron chi connectivity index (χ2n) is 10.6. The van der Waals surface area contributed by atoms with Crippen LogP contribution in [0.3, 0.4) is 0 Å². The van der Waals surface area contributed by atoms with Crippen molar-refractivity contribution in [1.82, 2.24) is 29.6 Å². The van der Waals surface area contributed by atoms with E-state index in [-0.39, 0.29) is 6.61 Å². The Bertz CT molecular complexity index is 1270. The third kappa shape index (κ3) is 4.39. The van der Waals surface area contributed by atoms with E-state index < -0.39 is 0 Å². The summed E-state index contributed by atoms with van der Waals surface area (Å²) >= 11 is 0. The Morgan fingerprint density at radius 2 is 1.89 bits per heavy atom. The van der Waals surface area contributed by atoms with Crippen molar-refractivity contribution in [3.05, 3.63) is 24.3 Å². The van der Waals surface area contributed by atoms with Crippen LogP contribution in [0.1, 0.15) is 70.0 Å². The van der Waals surface area contributed by atoms with E-state index in [1.807, 2.05) is 6.20 Å². The molecule has 1 saturated heterocycles. The molecule has 0 radical (unpaired) electrons. The topological polar surface area (TPSA) is 118 Å². The van der Waals surface area contributed by atoms with Crippen LogP contribution in [0.5, 0.6) is 0 Å². The van der Waals surface area contributed by atoms with Gasteiger partial charge in [-0.3, -0.25) is 4.68 Å². The Morgan fingerprint density at radius 1 is 1.06 bits per heavy atom. The highest BCUT2D eigenvalue weighted by atomic mass is 16.3. The second kappa shape index (κ2) is 9.86. The minimum atomic E-state index is 0.207. The molecule has 0 amide bonds. The highest BCUT2D eigenvalue weighted by Crippen LogP contribution is 2.34. The smallest absolute Gasteiger partial charge is 0.174 e. The molecule has 6 rings (SSSR count). The molecule has 0 spiro atoms. The Labute approximate surface area is 211 Å². The molecule has 0 unspecified atom stereocenters. The highest BCUT2D eigenvalue weighted by Gasteiger charge is 2.29. The van der Waals surface area contributed by atoms with Gasteiger partial charge in [-0.05, 0) is 57.3 Å². The fraction of sp³-hybridized carbons (Fsp3) is 0.593. The molecule has 2 aliphatic carbocycles. The number of nitrogens with two attached hydrogens (primary N) is 1. The predicted octanol–water partition coefficient (Wildman–Crippen LogP) is 4.09. The van der Waals surface area contributed by atoms with Gasteiger partial charge in [-0.25, -0.2) is 19.9 Å². The molecule has 3 aromatic rings. The summed E-state index contributed by atoms with van der Waals surface area (Å²) in [6.45, 7) is 4.57. The van der Waals surface area contributed by atoms with Crippen LogP contribution < -0.4 is 5.73 Å². The minimum absolute atomic E-state index is 0.207. The quantitative estimate of drug-likeness (QED) is 0.536. The first-order valence-corrected chi connectivity index (χ1v) is 13.5. The summed E-state index contributed by atoms with van der Waals surface area (Å²) in [5, 5.41) is 14.3. The van der Waals surface area contributed by atoms with E-state index in [2.05, 4.69) is 27.7 Å². The maximum atomic E-state index is 9.52. The van der Waals surface area contributed by atoms with Crippen LogP contribution in [0.15, 0.2) is 23.6 Å². The van der Waals surface area contributed by atoms with Crippen LogP contribution in [-0.4, -0.2) is 66.2 Å². The number of hydrogen-bond acceptors (Lipinski definition) is 8. The van der Waals surface area contributed by atoms with Crippen molar-refractivity contribution < 1.29 is 5.11 Å². The molecular formula is C27H36N8O. The first-order valence-electron chi connectivity index (χ1n) is 13.5. The van der Waals surface area contributed by atoms with E-state index in [0.29, 0.717) is 35.5 Å². The summed E-state index contributed by atoms with van der Waals surface area (Å²) < 4.78 is 2.12. The number of aromatic nitrogens is 5. The molecule has 1 atom stereocenters. The summed E-state index contributed by atoms with van der Waals surface area (Å²) in [4.78, 5) is 21.9. The van der Waals surface area contributed by atoms with Gasteiger partial charge in [-0.2, -0.15) is 5.10 Å². The maximum absolute atomic E-state index is 9.52. The lowest BCUT2D eigenvalue weighted by atomic mass is 9.89. The molecule has 9 nitrogen and oxygen atoms in total. The minimum Gasteiger partial charge on any atom is -0.396 e. The molecule has 2 saturated carbocycles. The van der Waals surface area contributed by atoms with E-state index >= 15 is 0 Å². The van der Waals surface area contributed by atoms with Gasteiger partial charge in [0.15, 0.2) is 11.6 Å². The largest absolute Gasteiger partial charge is 0.396 e. The number of nitrogen functional groups attached to an aromatic ring is 1. The normalized spacial score (nSPS) is 23.1. The molecule has 3 fully saturated rings. The number of pyridine rings is 1. The molecule has 0 bridgehead atoms. The Kier molecular flexibility index (Phi) is 6.43. The highest BCUT2D eigenvalue weighted by molar-refractivity contribution is 5.97. The zero-order valence-corrected chi connectivity index (χ0v) is 21.1. The first kappa shape index (κ1) is 23.5. The zero-order valence-electron chi connectivity index (χ0n) is 21.1. The van der Waals surface area contributed by atoms with Crippen molar-refractivity contribution in [3.63, 3.8) is 0 Å². The molecule has 3 aromatic heterocycles. The summed E-state index contributed by atoms with van der Waals surface area (Å²) in [7, 11) is 0. The Morgan fingerprint density at radius 3 is 2.58 bits per heavy atom. The van der Waals surface area contributed by atoms with Crippen molar-refractivity contribution >= 4 is 28.4 Å². The lowest BCUT2D eigenvalue weighted by molar-refractivity contribution is 0.0842. The van der Waals surface area contributed by atoms with Gasteiger partial charge in [0.2, 0.25) is 0 Å². The van der Waals surface area contributed by atoms with Gasteiger partial charge in [0, 0.05) is 55.0 Å². The molecule has 3 aliphatic rings. The van der Waals surface area contributed by atoms with Crippen molar-refractivity contribution in [2.45, 2.75) is 76.8 Å². The van der Waals surface area contributed by atoms with E-state index in [9.17, 15) is 5.11 Å². The van der Waals surface area contributed by atoms with Crippen molar-refractivity contribution in [2.75, 3.05) is 25.4 Å². The van der Waals surface area contributed by atoms with Gasteiger partial charge in [-0.1, -0.05) is 13.3 Å². The second-order valence-corrected chi connectivity index (χ2v) is 10.6. The van der Waals surface area contributed by atoms with E-state index in [4.69, 9.17) is 25.8 Å². The van der Waals surface area contributed by atoms with Crippen LogP contribution in [0, 0.1) is 5.92 Å². The molecule has 1 aliphatic heterocycles. The number of aliphatic hydroxyl groups excluding tert-OH is 1. The number of anilines is 1. The number of aliphatic imine (C=N–C) groups is 1. The van der Waals surface area contributed by atoms with Crippen LogP contribution in [0.2, 0.25) is 0 Å². The van der Waals surface area contributed by atoms with E-state index in [0.717, 1.165) is 79.3 Å². The van der Waals surface area contributed by atoms with Crippen LogP contribution in [0.25, 0.3) is 22.2 Å². The number of rotatable bonds is 6. The molecule has 9 heteroatoms. The molecule has 4 heterocycles. The summed E-state index contributed by atoms with van der Waals surface area (Å²) in [5.74, 6) is 1.33. The SMILES string of the molecule is CCc1nc2c(N)ncc(-c3cnn(C4CCN(C5CCC5)CC4)c3)c2nc1N=C1CC[C@H](CO)C1.